The van der Waals surface area contributed by atoms with Crippen molar-refractivity contribution >= 4 is 35.2 Å². The first-order valence-corrected chi connectivity index (χ1v) is 4.05. The molecule has 0 bridgehead atoms. The van der Waals surface area contributed by atoms with Crippen molar-refractivity contribution in [3.63, 3.8) is 0 Å². The molecular weight excluding hydrogens is 190 g/mol. The van der Waals surface area contributed by atoms with Gasteiger partial charge in [0.25, 0.3) is 0 Å². The highest BCUT2D eigenvalue weighted by Gasteiger charge is 2.17. The van der Waals surface area contributed by atoms with Crippen LogP contribution in [0.2, 0.25) is 5.02 Å². The van der Waals surface area contributed by atoms with E-state index in [4.69, 9.17) is 21.6 Å². The molecule has 0 saturated carbocycles. The summed E-state index contributed by atoms with van der Waals surface area (Å²) in [7, 11) is -1.56. The lowest BCUT2D eigenvalue weighted by Gasteiger charge is -2.01. The Balaban J connectivity index is 2.73. The van der Waals surface area contributed by atoms with E-state index in [1.54, 1.807) is 12.1 Å². The van der Waals surface area contributed by atoms with E-state index in [0.717, 1.165) is 5.52 Å². The Bertz CT molecular complexity index is 443. The van der Waals surface area contributed by atoms with Gasteiger partial charge in [-0.3, -0.25) is 0 Å². The zero-order chi connectivity index (χ0) is 9.42. The minimum atomic E-state index is -1.56. The van der Waals surface area contributed by atoms with Gasteiger partial charge < -0.3 is 15.0 Å². The lowest BCUT2D eigenvalue weighted by molar-refractivity contribution is 0.426. The molecule has 1 heterocycles. The molecule has 13 heavy (non-hydrogen) atoms. The van der Waals surface area contributed by atoms with E-state index in [-0.39, 0.29) is 10.5 Å². The van der Waals surface area contributed by atoms with Crippen LogP contribution in [0.1, 0.15) is 0 Å². The molecule has 2 rings (SSSR count). The quantitative estimate of drug-likeness (QED) is 0.558. The van der Waals surface area contributed by atoms with E-state index in [0.29, 0.717) is 5.52 Å². The Labute approximate surface area is 79.3 Å². The lowest BCUT2D eigenvalue weighted by atomic mass is 9.80. The van der Waals surface area contributed by atoms with Crippen molar-refractivity contribution in [1.29, 1.82) is 0 Å². The number of nitrogens with one attached hydrogen (secondary N) is 1. The third-order valence-electron chi connectivity index (χ3n) is 1.84. The number of aromatic nitrogens is 2. The van der Waals surface area contributed by atoms with Crippen LogP contribution in [0.25, 0.3) is 11.0 Å². The molecular formula is C7H6BClN2O2. The molecule has 6 heteroatoms. The number of aromatic amines is 1. The number of rotatable bonds is 1. The predicted molar refractivity (Wildman–Crippen MR) is 50.9 cm³/mol. The van der Waals surface area contributed by atoms with Crippen LogP contribution in [-0.2, 0) is 0 Å². The van der Waals surface area contributed by atoms with E-state index in [2.05, 4.69) is 9.97 Å². The number of hydrogen-bond acceptors (Lipinski definition) is 3. The zero-order valence-electron chi connectivity index (χ0n) is 6.53. The second-order valence-electron chi connectivity index (χ2n) is 2.64. The fourth-order valence-corrected chi connectivity index (χ4v) is 1.50. The summed E-state index contributed by atoms with van der Waals surface area (Å²) in [5.74, 6) is 0. The first-order valence-electron chi connectivity index (χ1n) is 3.68. The average Bonchev–Trinajstić information content (AvgIpc) is 2.52. The van der Waals surface area contributed by atoms with E-state index in [1.807, 2.05) is 0 Å². The van der Waals surface area contributed by atoms with Gasteiger partial charge in [0.05, 0.1) is 16.9 Å². The van der Waals surface area contributed by atoms with Gasteiger partial charge in [-0.05, 0) is 6.07 Å². The molecule has 3 N–H and O–H groups in total. The topological polar surface area (TPSA) is 69.1 Å². The smallest absolute Gasteiger partial charge is 0.423 e. The van der Waals surface area contributed by atoms with Crippen LogP contribution in [0.4, 0.5) is 0 Å². The van der Waals surface area contributed by atoms with Crippen molar-refractivity contribution in [2.45, 2.75) is 0 Å². The SMILES string of the molecule is OB(O)c1ccc2[nH]cnc2c1Cl. The van der Waals surface area contributed by atoms with Crippen LogP contribution in [0, 0.1) is 0 Å². The third kappa shape index (κ3) is 1.31. The number of fused-ring (bicyclic) bond motifs is 1. The molecule has 2 aromatic rings. The molecule has 0 radical (unpaired) electrons. The predicted octanol–water partition coefficient (Wildman–Crippen LogP) is -0.104. The molecule has 0 aliphatic rings. The summed E-state index contributed by atoms with van der Waals surface area (Å²) >= 11 is 5.88. The van der Waals surface area contributed by atoms with Crippen molar-refractivity contribution in [2.75, 3.05) is 0 Å². The van der Waals surface area contributed by atoms with Gasteiger partial charge >= 0.3 is 7.12 Å². The largest absolute Gasteiger partial charge is 0.490 e. The fraction of sp³-hybridized carbons (Fsp3) is 0. The maximum Gasteiger partial charge on any atom is 0.490 e. The molecule has 0 aliphatic carbocycles. The first-order chi connectivity index (χ1) is 6.20. The highest BCUT2D eigenvalue weighted by molar-refractivity contribution is 6.63. The second-order valence-corrected chi connectivity index (χ2v) is 3.02. The Kier molecular flexibility index (Phi) is 1.99. The van der Waals surface area contributed by atoms with E-state index in [9.17, 15) is 0 Å². The summed E-state index contributed by atoms with van der Waals surface area (Å²) < 4.78 is 0. The van der Waals surface area contributed by atoms with Gasteiger partial charge in [0, 0.05) is 5.46 Å². The van der Waals surface area contributed by atoms with Gasteiger partial charge in [-0.2, -0.15) is 0 Å². The van der Waals surface area contributed by atoms with Crippen LogP contribution in [0.5, 0.6) is 0 Å². The number of benzene rings is 1. The number of H-pyrrole nitrogens is 1. The highest BCUT2D eigenvalue weighted by Crippen LogP contribution is 2.17. The molecule has 0 aliphatic heterocycles. The van der Waals surface area contributed by atoms with Gasteiger partial charge in [0.1, 0.15) is 5.52 Å². The fourth-order valence-electron chi connectivity index (χ4n) is 1.19. The maximum absolute atomic E-state index is 8.93. The molecule has 1 aromatic heterocycles. The Morgan fingerprint density at radius 3 is 2.85 bits per heavy atom. The Hall–Kier alpha value is -1.04. The molecule has 0 amide bonds. The monoisotopic (exact) mass is 196 g/mol. The summed E-state index contributed by atoms with van der Waals surface area (Å²) in [6.45, 7) is 0. The number of imidazole rings is 1. The van der Waals surface area contributed by atoms with Crippen LogP contribution >= 0.6 is 11.6 Å². The summed E-state index contributed by atoms with van der Waals surface area (Å²) in [5.41, 5.74) is 1.59. The van der Waals surface area contributed by atoms with Crippen LogP contribution in [0.3, 0.4) is 0 Å². The molecule has 1 aromatic carbocycles. The summed E-state index contributed by atoms with van der Waals surface area (Å²) in [6, 6.07) is 3.25. The first kappa shape index (κ1) is 8.56. The van der Waals surface area contributed by atoms with Crippen molar-refractivity contribution in [1.82, 2.24) is 9.97 Å². The van der Waals surface area contributed by atoms with Crippen LogP contribution in [0.15, 0.2) is 18.5 Å². The minimum absolute atomic E-state index is 0.265. The van der Waals surface area contributed by atoms with Gasteiger partial charge in [0.15, 0.2) is 0 Å². The molecule has 0 spiro atoms. The van der Waals surface area contributed by atoms with Crippen molar-refractivity contribution in [3.8, 4) is 0 Å². The Morgan fingerprint density at radius 2 is 2.15 bits per heavy atom. The van der Waals surface area contributed by atoms with Gasteiger partial charge in [-0.1, -0.05) is 17.7 Å². The number of halogens is 1. The van der Waals surface area contributed by atoms with Crippen molar-refractivity contribution < 1.29 is 10.0 Å². The maximum atomic E-state index is 8.93. The standard InChI is InChI=1S/C7H6BClN2O2/c9-6-4(8(12)13)1-2-5-7(6)11-3-10-5/h1-3,12-13H,(H,10,11). The van der Waals surface area contributed by atoms with Gasteiger partial charge in [0.2, 0.25) is 0 Å². The Morgan fingerprint density at radius 1 is 1.38 bits per heavy atom. The highest BCUT2D eigenvalue weighted by atomic mass is 35.5. The van der Waals surface area contributed by atoms with E-state index in [1.165, 1.54) is 6.33 Å². The van der Waals surface area contributed by atoms with Crippen molar-refractivity contribution in [2.24, 2.45) is 0 Å². The van der Waals surface area contributed by atoms with Crippen LogP contribution in [-0.4, -0.2) is 27.1 Å². The number of nitrogens with zero attached hydrogens (tertiary/aromatic N) is 1. The molecule has 0 unspecified atom stereocenters. The number of hydrogen-bond donors (Lipinski definition) is 3. The minimum Gasteiger partial charge on any atom is -0.423 e. The summed E-state index contributed by atoms with van der Waals surface area (Å²) in [4.78, 5) is 6.82. The summed E-state index contributed by atoms with van der Waals surface area (Å²) in [5, 5.41) is 18.1. The normalized spacial score (nSPS) is 10.7. The second kappa shape index (κ2) is 3.03. The van der Waals surface area contributed by atoms with E-state index < -0.39 is 7.12 Å². The average molecular weight is 196 g/mol. The van der Waals surface area contributed by atoms with Crippen molar-refractivity contribution in [3.05, 3.63) is 23.5 Å². The van der Waals surface area contributed by atoms with E-state index >= 15 is 0 Å². The van der Waals surface area contributed by atoms with Gasteiger partial charge in [-0.25, -0.2) is 4.98 Å². The summed E-state index contributed by atoms with van der Waals surface area (Å²) in [6.07, 6.45) is 1.50. The lowest BCUT2D eigenvalue weighted by Crippen LogP contribution is -2.30. The molecule has 0 saturated heterocycles. The molecule has 0 atom stereocenters. The third-order valence-corrected chi connectivity index (χ3v) is 2.24. The molecule has 4 nitrogen and oxygen atoms in total. The van der Waals surface area contributed by atoms with Gasteiger partial charge in [-0.15, -0.1) is 0 Å². The zero-order valence-corrected chi connectivity index (χ0v) is 7.28. The molecule has 66 valence electrons. The van der Waals surface area contributed by atoms with Crippen LogP contribution < -0.4 is 5.46 Å². The molecule has 0 fully saturated rings.